The first-order valence-corrected chi connectivity index (χ1v) is 7.83. The van der Waals surface area contributed by atoms with Gasteiger partial charge in [-0.25, -0.2) is 9.97 Å². The second-order valence-corrected chi connectivity index (χ2v) is 6.73. The minimum absolute atomic E-state index is 0.0978. The fourth-order valence-electron chi connectivity index (χ4n) is 2.00. The summed E-state index contributed by atoms with van der Waals surface area (Å²) in [6.45, 7) is 2.25. The lowest BCUT2D eigenvalue weighted by atomic mass is 10.3. The molecule has 6 nitrogen and oxygen atoms in total. The molecule has 0 spiro atoms. The van der Waals surface area contributed by atoms with E-state index in [9.17, 15) is 9.59 Å². The van der Waals surface area contributed by atoms with E-state index in [0.29, 0.717) is 22.6 Å². The Kier molecular flexibility index (Phi) is 3.56. The van der Waals surface area contributed by atoms with Gasteiger partial charge in [-0.05, 0) is 13.0 Å². The summed E-state index contributed by atoms with van der Waals surface area (Å²) in [5.41, 5.74) is 0.412. The number of nitrogens with zero attached hydrogens (tertiary/aromatic N) is 3. The molecular formula is C13H11N3O3S2. The third kappa shape index (κ3) is 2.86. The number of thiazole rings is 1. The molecule has 0 bridgehead atoms. The molecule has 0 aliphatic rings. The summed E-state index contributed by atoms with van der Waals surface area (Å²) >= 11 is 2.84. The van der Waals surface area contributed by atoms with Crippen LogP contribution in [-0.4, -0.2) is 25.6 Å². The summed E-state index contributed by atoms with van der Waals surface area (Å²) in [4.78, 5) is 33.3. The third-order valence-electron chi connectivity index (χ3n) is 2.88. The summed E-state index contributed by atoms with van der Waals surface area (Å²) in [5, 5.41) is 11.7. The highest BCUT2D eigenvalue weighted by molar-refractivity contribution is 7.18. The van der Waals surface area contributed by atoms with E-state index in [0.717, 1.165) is 9.71 Å². The van der Waals surface area contributed by atoms with Gasteiger partial charge in [0, 0.05) is 10.3 Å². The van der Waals surface area contributed by atoms with Crippen molar-refractivity contribution in [3.8, 4) is 0 Å². The van der Waals surface area contributed by atoms with Crippen LogP contribution in [0.25, 0.3) is 10.2 Å². The molecule has 0 aromatic carbocycles. The van der Waals surface area contributed by atoms with Crippen molar-refractivity contribution in [2.75, 3.05) is 0 Å². The number of hydrogen-bond acceptors (Lipinski definition) is 6. The molecule has 8 heteroatoms. The van der Waals surface area contributed by atoms with Gasteiger partial charge in [-0.1, -0.05) is 0 Å². The average molecular weight is 321 g/mol. The second-order valence-electron chi connectivity index (χ2n) is 4.56. The molecule has 0 radical (unpaired) electrons. The van der Waals surface area contributed by atoms with Crippen LogP contribution in [-0.2, 0) is 17.8 Å². The number of rotatable bonds is 4. The quantitative estimate of drug-likeness (QED) is 0.793. The third-order valence-corrected chi connectivity index (χ3v) is 4.72. The van der Waals surface area contributed by atoms with E-state index >= 15 is 0 Å². The molecule has 21 heavy (non-hydrogen) atoms. The standard InChI is InChI=1S/C13H11N3O3S2/c1-7-2-9-12(21-7)14-6-16(13(9)19)4-10-15-8(5-20-10)3-11(17)18/h2,5-6H,3-4H2,1H3,(H,17,18). The maximum absolute atomic E-state index is 12.3. The Bertz CT molecular complexity index is 878. The summed E-state index contributed by atoms with van der Waals surface area (Å²) in [5.74, 6) is -0.916. The SMILES string of the molecule is Cc1cc2c(=O)n(Cc3nc(CC(=O)O)cs3)cnc2s1. The van der Waals surface area contributed by atoms with Crippen molar-refractivity contribution >= 4 is 38.9 Å². The highest BCUT2D eigenvalue weighted by Crippen LogP contribution is 2.19. The van der Waals surface area contributed by atoms with Crippen molar-refractivity contribution in [1.82, 2.24) is 14.5 Å². The number of aliphatic carboxylic acids is 1. The predicted molar refractivity (Wildman–Crippen MR) is 81.2 cm³/mol. The zero-order chi connectivity index (χ0) is 15.0. The Balaban J connectivity index is 1.91. The molecule has 3 rings (SSSR count). The van der Waals surface area contributed by atoms with E-state index in [1.165, 1.54) is 33.6 Å². The Morgan fingerprint density at radius 1 is 1.48 bits per heavy atom. The molecule has 0 fully saturated rings. The molecule has 0 atom stereocenters. The first-order chi connectivity index (χ1) is 10.0. The fourth-order valence-corrected chi connectivity index (χ4v) is 3.63. The first-order valence-electron chi connectivity index (χ1n) is 6.13. The maximum Gasteiger partial charge on any atom is 0.309 e. The fraction of sp³-hybridized carbons (Fsp3) is 0.231. The van der Waals surface area contributed by atoms with E-state index in [1.807, 2.05) is 13.0 Å². The van der Waals surface area contributed by atoms with Gasteiger partial charge < -0.3 is 5.11 Å². The number of aryl methyl sites for hydroxylation is 1. The second kappa shape index (κ2) is 5.38. The van der Waals surface area contributed by atoms with Gasteiger partial charge in [0.1, 0.15) is 9.84 Å². The molecule has 0 saturated heterocycles. The summed E-state index contributed by atoms with van der Waals surface area (Å²) < 4.78 is 1.50. The lowest BCUT2D eigenvalue weighted by Gasteiger charge is -2.01. The molecule has 0 unspecified atom stereocenters. The number of fused-ring (bicyclic) bond motifs is 1. The smallest absolute Gasteiger partial charge is 0.309 e. The molecule has 108 valence electrons. The van der Waals surface area contributed by atoms with E-state index in [2.05, 4.69) is 9.97 Å². The van der Waals surface area contributed by atoms with Crippen LogP contribution in [0.5, 0.6) is 0 Å². The zero-order valence-corrected chi connectivity index (χ0v) is 12.7. The summed E-state index contributed by atoms with van der Waals surface area (Å²) in [6.07, 6.45) is 1.41. The highest BCUT2D eigenvalue weighted by Gasteiger charge is 2.10. The van der Waals surface area contributed by atoms with Gasteiger partial charge in [-0.2, -0.15) is 0 Å². The Morgan fingerprint density at radius 2 is 2.29 bits per heavy atom. The zero-order valence-electron chi connectivity index (χ0n) is 11.1. The van der Waals surface area contributed by atoms with Gasteiger partial charge in [0.2, 0.25) is 0 Å². The van der Waals surface area contributed by atoms with Gasteiger partial charge in [0.05, 0.1) is 30.4 Å². The van der Waals surface area contributed by atoms with Gasteiger partial charge >= 0.3 is 5.97 Å². The van der Waals surface area contributed by atoms with Crippen LogP contribution < -0.4 is 5.56 Å². The van der Waals surface area contributed by atoms with Crippen LogP contribution in [0, 0.1) is 6.92 Å². The Labute approximate surface area is 127 Å². The van der Waals surface area contributed by atoms with Gasteiger partial charge in [-0.15, -0.1) is 22.7 Å². The van der Waals surface area contributed by atoms with E-state index in [1.54, 1.807) is 5.38 Å². The van der Waals surface area contributed by atoms with E-state index < -0.39 is 5.97 Å². The van der Waals surface area contributed by atoms with Crippen molar-refractivity contribution < 1.29 is 9.90 Å². The van der Waals surface area contributed by atoms with Crippen LogP contribution in [0.1, 0.15) is 15.6 Å². The van der Waals surface area contributed by atoms with Gasteiger partial charge in [0.15, 0.2) is 0 Å². The van der Waals surface area contributed by atoms with Crippen LogP contribution in [0.15, 0.2) is 22.6 Å². The van der Waals surface area contributed by atoms with Crippen molar-refractivity contribution in [1.29, 1.82) is 0 Å². The van der Waals surface area contributed by atoms with Crippen molar-refractivity contribution in [3.05, 3.63) is 43.7 Å². The van der Waals surface area contributed by atoms with Crippen LogP contribution in [0.3, 0.4) is 0 Å². The largest absolute Gasteiger partial charge is 0.481 e. The van der Waals surface area contributed by atoms with Crippen molar-refractivity contribution in [2.45, 2.75) is 19.9 Å². The summed E-state index contributed by atoms with van der Waals surface area (Å²) in [7, 11) is 0. The molecule has 0 aliphatic carbocycles. The number of carboxylic acid groups (broad SMARTS) is 1. The molecule has 3 aromatic rings. The molecule has 0 amide bonds. The van der Waals surface area contributed by atoms with Crippen LogP contribution in [0.4, 0.5) is 0 Å². The predicted octanol–water partition coefficient (Wildman–Crippen LogP) is 1.90. The first kappa shape index (κ1) is 13.9. The van der Waals surface area contributed by atoms with Crippen molar-refractivity contribution in [2.24, 2.45) is 0 Å². The van der Waals surface area contributed by atoms with Crippen LogP contribution in [0.2, 0.25) is 0 Å². The van der Waals surface area contributed by atoms with Gasteiger partial charge in [0.25, 0.3) is 5.56 Å². The molecule has 1 N–H and O–H groups in total. The van der Waals surface area contributed by atoms with Gasteiger partial charge in [-0.3, -0.25) is 14.2 Å². The van der Waals surface area contributed by atoms with E-state index in [4.69, 9.17) is 5.11 Å². The molecular weight excluding hydrogens is 310 g/mol. The normalized spacial score (nSPS) is 11.1. The monoisotopic (exact) mass is 321 g/mol. The number of carbonyl (C=O) groups is 1. The Morgan fingerprint density at radius 3 is 3.05 bits per heavy atom. The lowest BCUT2D eigenvalue weighted by Crippen LogP contribution is -2.20. The molecule has 3 heterocycles. The lowest BCUT2D eigenvalue weighted by molar-refractivity contribution is -0.136. The number of carboxylic acids is 1. The number of hydrogen-bond donors (Lipinski definition) is 1. The summed E-state index contributed by atoms with van der Waals surface area (Å²) in [6, 6.07) is 1.84. The minimum atomic E-state index is -0.916. The van der Waals surface area contributed by atoms with Crippen LogP contribution >= 0.6 is 22.7 Å². The molecule has 0 aliphatic heterocycles. The van der Waals surface area contributed by atoms with E-state index in [-0.39, 0.29) is 12.0 Å². The highest BCUT2D eigenvalue weighted by atomic mass is 32.1. The molecule has 3 aromatic heterocycles. The average Bonchev–Trinajstić information content (AvgIpc) is 2.99. The topological polar surface area (TPSA) is 85.1 Å². The molecule has 0 saturated carbocycles. The maximum atomic E-state index is 12.3. The number of thiophene rings is 1. The minimum Gasteiger partial charge on any atom is -0.481 e. The van der Waals surface area contributed by atoms with Crippen molar-refractivity contribution in [3.63, 3.8) is 0 Å². The number of aromatic nitrogens is 3. The Hall–Kier alpha value is -2.06.